The molecule has 2 aliphatic rings. The van der Waals surface area contributed by atoms with Crippen LogP contribution in [0.25, 0.3) is 5.57 Å². The number of anilines is 1. The van der Waals surface area contributed by atoms with Crippen molar-refractivity contribution in [1.29, 1.82) is 5.26 Å². The molecule has 0 heterocycles. The van der Waals surface area contributed by atoms with Crippen LogP contribution in [0.4, 0.5) is 5.69 Å². The SMILES string of the molecule is CC(C)(C)C1(CC#N)CCC(Nc2ccc(C3=CCCC3)cc2)CC1. The summed E-state index contributed by atoms with van der Waals surface area (Å²) in [5.74, 6) is 0. The van der Waals surface area contributed by atoms with Gasteiger partial charge in [-0.1, -0.05) is 39.0 Å². The summed E-state index contributed by atoms with van der Waals surface area (Å²) in [4.78, 5) is 0. The number of allylic oxidation sites excluding steroid dienone is 2. The summed E-state index contributed by atoms with van der Waals surface area (Å²) in [6.07, 6.45) is 11.4. The van der Waals surface area contributed by atoms with Crippen LogP contribution in [0.3, 0.4) is 0 Å². The fourth-order valence-electron chi connectivity index (χ4n) is 4.61. The second kappa shape index (κ2) is 7.24. The van der Waals surface area contributed by atoms with Crippen LogP contribution in [0.15, 0.2) is 30.3 Å². The van der Waals surface area contributed by atoms with Gasteiger partial charge in [-0.05, 0) is 79.0 Å². The van der Waals surface area contributed by atoms with E-state index in [1.54, 1.807) is 0 Å². The van der Waals surface area contributed by atoms with Crippen molar-refractivity contribution in [2.75, 3.05) is 5.32 Å². The lowest BCUT2D eigenvalue weighted by Gasteiger charge is -2.48. The molecule has 1 fully saturated rings. The van der Waals surface area contributed by atoms with E-state index in [1.165, 1.54) is 36.1 Å². The minimum Gasteiger partial charge on any atom is -0.382 e. The molecular formula is C23H32N2. The molecule has 0 aliphatic heterocycles. The number of nitrogens with zero attached hydrogens (tertiary/aromatic N) is 1. The van der Waals surface area contributed by atoms with Crippen molar-refractivity contribution in [3.63, 3.8) is 0 Å². The molecule has 1 aromatic rings. The summed E-state index contributed by atoms with van der Waals surface area (Å²) in [6, 6.07) is 12.0. The third-order valence-corrected chi connectivity index (χ3v) is 6.62. The second-order valence-electron chi connectivity index (χ2n) is 8.98. The molecule has 2 nitrogen and oxygen atoms in total. The summed E-state index contributed by atoms with van der Waals surface area (Å²) in [7, 11) is 0. The highest BCUT2D eigenvalue weighted by Gasteiger charge is 2.44. The monoisotopic (exact) mass is 336 g/mol. The Hall–Kier alpha value is -1.75. The Morgan fingerprint density at radius 2 is 1.84 bits per heavy atom. The lowest BCUT2D eigenvalue weighted by Crippen LogP contribution is -2.41. The highest BCUT2D eigenvalue weighted by molar-refractivity contribution is 5.68. The van der Waals surface area contributed by atoms with Gasteiger partial charge in [0.25, 0.3) is 0 Å². The molecule has 0 bridgehead atoms. The first kappa shape index (κ1) is 18.1. The van der Waals surface area contributed by atoms with Gasteiger partial charge in [0, 0.05) is 18.2 Å². The summed E-state index contributed by atoms with van der Waals surface area (Å²) < 4.78 is 0. The minimum atomic E-state index is 0.179. The molecule has 134 valence electrons. The van der Waals surface area contributed by atoms with E-state index in [4.69, 9.17) is 0 Å². The lowest BCUT2D eigenvalue weighted by atomic mass is 9.57. The van der Waals surface area contributed by atoms with Crippen LogP contribution in [0.2, 0.25) is 0 Å². The average molecular weight is 337 g/mol. The highest BCUT2D eigenvalue weighted by atomic mass is 14.9. The molecule has 0 spiro atoms. The topological polar surface area (TPSA) is 35.8 Å². The molecule has 0 unspecified atom stereocenters. The normalized spacial score (nSPS) is 26.8. The first-order chi connectivity index (χ1) is 11.9. The zero-order valence-electron chi connectivity index (χ0n) is 16.1. The summed E-state index contributed by atoms with van der Waals surface area (Å²) >= 11 is 0. The molecule has 0 saturated heterocycles. The van der Waals surface area contributed by atoms with E-state index in [1.807, 2.05) is 0 Å². The molecule has 1 aromatic carbocycles. The van der Waals surface area contributed by atoms with Crippen LogP contribution in [-0.4, -0.2) is 6.04 Å². The van der Waals surface area contributed by atoms with Gasteiger partial charge in [0.2, 0.25) is 0 Å². The smallest absolute Gasteiger partial charge is 0.0627 e. The molecule has 25 heavy (non-hydrogen) atoms. The molecule has 1 saturated carbocycles. The summed E-state index contributed by atoms with van der Waals surface area (Å²) in [5, 5.41) is 13.0. The fourth-order valence-corrected chi connectivity index (χ4v) is 4.61. The Balaban J connectivity index is 1.59. The standard InChI is InChI=1S/C23H32N2/c1-22(2,3)23(16-17-24)14-12-21(13-15-23)25-20-10-8-19(9-11-20)18-6-4-5-7-18/h6,8-11,21,25H,4-5,7,12-16H2,1-3H3. The van der Waals surface area contributed by atoms with Gasteiger partial charge in [0.1, 0.15) is 0 Å². The summed E-state index contributed by atoms with van der Waals surface area (Å²) in [5.41, 5.74) is 4.50. The van der Waals surface area contributed by atoms with E-state index in [-0.39, 0.29) is 10.8 Å². The molecule has 0 aromatic heterocycles. The molecule has 3 rings (SSSR count). The highest BCUT2D eigenvalue weighted by Crippen LogP contribution is 2.52. The van der Waals surface area contributed by atoms with E-state index >= 15 is 0 Å². The molecule has 0 atom stereocenters. The van der Waals surface area contributed by atoms with Crippen molar-refractivity contribution >= 4 is 11.3 Å². The van der Waals surface area contributed by atoms with Gasteiger partial charge in [-0.25, -0.2) is 0 Å². The Labute approximate surface area is 153 Å². The summed E-state index contributed by atoms with van der Waals surface area (Å²) in [6.45, 7) is 6.90. The fraction of sp³-hybridized carbons (Fsp3) is 0.609. The Morgan fingerprint density at radius 3 is 2.36 bits per heavy atom. The van der Waals surface area contributed by atoms with Crippen molar-refractivity contribution in [3.8, 4) is 6.07 Å². The molecule has 2 heteroatoms. The number of rotatable bonds is 4. The van der Waals surface area contributed by atoms with Gasteiger partial charge >= 0.3 is 0 Å². The van der Waals surface area contributed by atoms with Crippen LogP contribution in [0.5, 0.6) is 0 Å². The molecule has 1 N–H and O–H groups in total. The Kier molecular flexibility index (Phi) is 5.23. The van der Waals surface area contributed by atoms with Crippen LogP contribution >= 0.6 is 0 Å². The first-order valence-corrected chi connectivity index (χ1v) is 9.86. The maximum atomic E-state index is 9.29. The molecule has 0 amide bonds. The van der Waals surface area contributed by atoms with Gasteiger partial charge in [0.05, 0.1) is 6.07 Å². The van der Waals surface area contributed by atoms with Crippen molar-refractivity contribution in [2.45, 2.75) is 78.2 Å². The van der Waals surface area contributed by atoms with E-state index in [0.29, 0.717) is 12.5 Å². The predicted molar refractivity (Wildman–Crippen MR) is 106 cm³/mol. The lowest BCUT2D eigenvalue weighted by molar-refractivity contribution is 0.0405. The third-order valence-electron chi connectivity index (χ3n) is 6.62. The molecular weight excluding hydrogens is 304 g/mol. The first-order valence-electron chi connectivity index (χ1n) is 9.86. The maximum absolute atomic E-state index is 9.29. The quantitative estimate of drug-likeness (QED) is 0.676. The van der Waals surface area contributed by atoms with E-state index < -0.39 is 0 Å². The van der Waals surface area contributed by atoms with Crippen LogP contribution < -0.4 is 5.32 Å². The van der Waals surface area contributed by atoms with Crippen molar-refractivity contribution in [2.24, 2.45) is 10.8 Å². The largest absolute Gasteiger partial charge is 0.382 e. The molecule has 2 aliphatic carbocycles. The predicted octanol–water partition coefficient (Wildman–Crippen LogP) is 6.55. The number of nitrogens with one attached hydrogen (secondary N) is 1. The van der Waals surface area contributed by atoms with Crippen molar-refractivity contribution in [1.82, 2.24) is 0 Å². The van der Waals surface area contributed by atoms with E-state index in [2.05, 4.69) is 62.5 Å². The van der Waals surface area contributed by atoms with Gasteiger partial charge in [-0.2, -0.15) is 5.26 Å². The minimum absolute atomic E-state index is 0.179. The van der Waals surface area contributed by atoms with Crippen molar-refractivity contribution < 1.29 is 0 Å². The number of benzene rings is 1. The Morgan fingerprint density at radius 1 is 1.16 bits per heavy atom. The molecule has 0 radical (unpaired) electrons. The number of hydrogen-bond acceptors (Lipinski definition) is 2. The van der Waals surface area contributed by atoms with Crippen molar-refractivity contribution in [3.05, 3.63) is 35.9 Å². The van der Waals surface area contributed by atoms with Gasteiger partial charge < -0.3 is 5.32 Å². The van der Waals surface area contributed by atoms with Crippen LogP contribution in [0, 0.1) is 22.2 Å². The zero-order valence-corrected chi connectivity index (χ0v) is 16.1. The Bertz CT molecular complexity index is 647. The second-order valence-corrected chi connectivity index (χ2v) is 8.98. The van der Waals surface area contributed by atoms with Crippen LogP contribution in [-0.2, 0) is 0 Å². The van der Waals surface area contributed by atoms with Gasteiger partial charge in [-0.3, -0.25) is 0 Å². The van der Waals surface area contributed by atoms with Crippen LogP contribution in [0.1, 0.15) is 77.7 Å². The zero-order chi connectivity index (χ0) is 17.9. The maximum Gasteiger partial charge on any atom is 0.0627 e. The van der Waals surface area contributed by atoms with E-state index in [9.17, 15) is 5.26 Å². The van der Waals surface area contributed by atoms with E-state index in [0.717, 1.165) is 25.7 Å². The van der Waals surface area contributed by atoms with Gasteiger partial charge in [-0.15, -0.1) is 0 Å². The number of hydrogen-bond donors (Lipinski definition) is 1. The number of nitriles is 1. The van der Waals surface area contributed by atoms with Gasteiger partial charge in [0.15, 0.2) is 0 Å². The average Bonchev–Trinajstić information content (AvgIpc) is 3.11. The third kappa shape index (κ3) is 3.92.